The number of halogens is 1. The number of nitrogens with one attached hydrogen (secondary N) is 1. The smallest absolute Gasteiger partial charge is 0.340 e. The van der Waals surface area contributed by atoms with Gasteiger partial charge in [-0.3, -0.25) is 4.79 Å². The summed E-state index contributed by atoms with van der Waals surface area (Å²) >= 11 is 5.67. The molecule has 1 aromatic carbocycles. The van der Waals surface area contributed by atoms with E-state index in [9.17, 15) is 9.59 Å². The summed E-state index contributed by atoms with van der Waals surface area (Å²) in [7, 11) is 0. The second kappa shape index (κ2) is 7.93. The first kappa shape index (κ1) is 17.9. The van der Waals surface area contributed by atoms with Crippen molar-refractivity contribution in [3.8, 4) is 0 Å². The van der Waals surface area contributed by atoms with E-state index in [0.717, 1.165) is 0 Å². The number of amides is 1. The van der Waals surface area contributed by atoms with Gasteiger partial charge in [0.25, 0.3) is 5.91 Å². The molecule has 24 heavy (non-hydrogen) atoms. The SMILES string of the molecule is CC(C)c1ccc(NC(=O)[C@@H](C)OC(=O)c2ccc(Cl)nc2)cc1. The number of nitrogens with zero attached hydrogens (tertiary/aromatic N) is 1. The molecule has 0 aliphatic heterocycles. The van der Waals surface area contributed by atoms with Gasteiger partial charge in [0.1, 0.15) is 5.15 Å². The van der Waals surface area contributed by atoms with Crippen LogP contribution in [0.1, 0.15) is 42.6 Å². The molecule has 126 valence electrons. The lowest BCUT2D eigenvalue weighted by atomic mass is 10.0. The second-order valence-corrected chi connectivity index (χ2v) is 6.07. The van der Waals surface area contributed by atoms with Crippen molar-refractivity contribution in [2.45, 2.75) is 32.8 Å². The van der Waals surface area contributed by atoms with Gasteiger partial charge in [-0.2, -0.15) is 0 Å². The molecule has 0 fully saturated rings. The molecule has 2 rings (SSSR count). The lowest BCUT2D eigenvalue weighted by Gasteiger charge is -2.14. The van der Waals surface area contributed by atoms with Gasteiger partial charge in [0, 0.05) is 11.9 Å². The van der Waals surface area contributed by atoms with E-state index in [1.165, 1.54) is 30.8 Å². The van der Waals surface area contributed by atoms with Crippen LogP contribution < -0.4 is 5.32 Å². The van der Waals surface area contributed by atoms with Crippen molar-refractivity contribution in [3.63, 3.8) is 0 Å². The average molecular weight is 347 g/mol. The zero-order valence-electron chi connectivity index (χ0n) is 13.7. The van der Waals surface area contributed by atoms with Gasteiger partial charge in [0.15, 0.2) is 6.10 Å². The summed E-state index contributed by atoms with van der Waals surface area (Å²) in [4.78, 5) is 27.9. The first-order valence-corrected chi connectivity index (χ1v) is 7.98. The number of benzene rings is 1. The van der Waals surface area contributed by atoms with Gasteiger partial charge in [0.2, 0.25) is 0 Å². The maximum atomic E-state index is 12.1. The molecule has 5 nitrogen and oxygen atoms in total. The summed E-state index contributed by atoms with van der Waals surface area (Å²) in [6.07, 6.45) is 0.373. The minimum absolute atomic E-state index is 0.236. The molecule has 0 aliphatic rings. The summed E-state index contributed by atoms with van der Waals surface area (Å²) in [5.41, 5.74) is 2.07. The number of ether oxygens (including phenoxy) is 1. The highest BCUT2D eigenvalue weighted by molar-refractivity contribution is 6.29. The first-order valence-electron chi connectivity index (χ1n) is 7.60. The maximum Gasteiger partial charge on any atom is 0.340 e. The Morgan fingerprint density at radius 2 is 1.75 bits per heavy atom. The fourth-order valence-corrected chi connectivity index (χ4v) is 2.09. The van der Waals surface area contributed by atoms with Crippen LogP contribution in [0.15, 0.2) is 42.6 Å². The third-order valence-corrected chi connectivity index (χ3v) is 3.68. The molecular formula is C18H19ClN2O3. The van der Waals surface area contributed by atoms with Crippen LogP contribution in [0.3, 0.4) is 0 Å². The molecule has 0 saturated heterocycles. The number of carbonyl (C=O) groups excluding carboxylic acids is 2. The highest BCUT2D eigenvalue weighted by Gasteiger charge is 2.19. The minimum Gasteiger partial charge on any atom is -0.449 e. The molecule has 1 heterocycles. The molecule has 0 saturated carbocycles. The zero-order valence-corrected chi connectivity index (χ0v) is 14.5. The van der Waals surface area contributed by atoms with Crippen LogP contribution in [-0.2, 0) is 9.53 Å². The number of pyridine rings is 1. The summed E-state index contributed by atoms with van der Waals surface area (Å²) < 4.78 is 5.14. The molecule has 1 atom stereocenters. The number of anilines is 1. The number of hydrogen-bond donors (Lipinski definition) is 1. The molecule has 1 aromatic heterocycles. The van der Waals surface area contributed by atoms with E-state index >= 15 is 0 Å². The van der Waals surface area contributed by atoms with Crippen molar-refractivity contribution in [2.75, 3.05) is 5.32 Å². The Balaban J connectivity index is 1.94. The normalized spacial score (nSPS) is 11.9. The number of hydrogen-bond acceptors (Lipinski definition) is 4. The third-order valence-electron chi connectivity index (χ3n) is 3.46. The second-order valence-electron chi connectivity index (χ2n) is 5.68. The molecule has 0 bridgehead atoms. The number of aromatic nitrogens is 1. The van der Waals surface area contributed by atoms with Gasteiger partial charge in [-0.1, -0.05) is 37.6 Å². The Kier molecular flexibility index (Phi) is 5.93. The van der Waals surface area contributed by atoms with E-state index in [1.54, 1.807) is 0 Å². The third kappa shape index (κ3) is 4.80. The van der Waals surface area contributed by atoms with Crippen LogP contribution in [-0.4, -0.2) is 23.0 Å². The number of esters is 1. The largest absolute Gasteiger partial charge is 0.449 e. The van der Waals surface area contributed by atoms with Crippen LogP contribution in [0.5, 0.6) is 0 Å². The number of rotatable bonds is 5. The van der Waals surface area contributed by atoms with Crippen molar-refractivity contribution in [3.05, 3.63) is 58.9 Å². The fraction of sp³-hybridized carbons (Fsp3) is 0.278. The topological polar surface area (TPSA) is 68.3 Å². The van der Waals surface area contributed by atoms with Crippen LogP contribution in [0.2, 0.25) is 5.15 Å². The summed E-state index contributed by atoms with van der Waals surface area (Å²) in [5.74, 6) is -0.609. The van der Waals surface area contributed by atoms with E-state index < -0.39 is 18.0 Å². The Hall–Kier alpha value is -2.40. The van der Waals surface area contributed by atoms with E-state index in [2.05, 4.69) is 24.1 Å². The van der Waals surface area contributed by atoms with Crippen molar-refractivity contribution >= 4 is 29.2 Å². The quantitative estimate of drug-likeness (QED) is 0.655. The van der Waals surface area contributed by atoms with Crippen molar-refractivity contribution in [1.29, 1.82) is 0 Å². The molecule has 1 amide bonds. The molecular weight excluding hydrogens is 328 g/mol. The van der Waals surface area contributed by atoms with Gasteiger partial charge >= 0.3 is 5.97 Å². The van der Waals surface area contributed by atoms with Crippen LogP contribution in [0.4, 0.5) is 5.69 Å². The van der Waals surface area contributed by atoms with Gasteiger partial charge in [-0.05, 0) is 42.7 Å². The highest BCUT2D eigenvalue weighted by atomic mass is 35.5. The van der Waals surface area contributed by atoms with E-state index in [4.69, 9.17) is 16.3 Å². The fourth-order valence-electron chi connectivity index (χ4n) is 1.97. The lowest BCUT2D eigenvalue weighted by Crippen LogP contribution is -2.30. The predicted octanol–water partition coefficient (Wildman–Crippen LogP) is 4.04. The van der Waals surface area contributed by atoms with Crippen LogP contribution in [0, 0.1) is 0 Å². The van der Waals surface area contributed by atoms with Crippen molar-refractivity contribution in [2.24, 2.45) is 0 Å². The monoisotopic (exact) mass is 346 g/mol. The first-order chi connectivity index (χ1) is 11.4. The van der Waals surface area contributed by atoms with Crippen LogP contribution >= 0.6 is 11.6 Å². The molecule has 0 spiro atoms. The van der Waals surface area contributed by atoms with Crippen molar-refractivity contribution < 1.29 is 14.3 Å². The predicted molar refractivity (Wildman–Crippen MR) is 93.3 cm³/mol. The minimum atomic E-state index is -0.932. The van der Waals surface area contributed by atoms with Gasteiger partial charge in [-0.15, -0.1) is 0 Å². The average Bonchev–Trinajstić information content (AvgIpc) is 2.55. The standard InChI is InChI=1S/C18H19ClN2O3/c1-11(2)13-4-7-15(8-5-13)21-17(22)12(3)24-18(23)14-6-9-16(19)20-10-14/h4-12H,1-3H3,(H,21,22)/t12-/m1/s1. The summed E-state index contributed by atoms with van der Waals surface area (Å²) in [5, 5.41) is 3.00. The van der Waals surface area contributed by atoms with E-state index in [0.29, 0.717) is 11.6 Å². The Morgan fingerprint density at radius 3 is 2.29 bits per heavy atom. The molecule has 6 heteroatoms. The Labute approximate surface area is 146 Å². The molecule has 2 aromatic rings. The van der Waals surface area contributed by atoms with E-state index in [-0.39, 0.29) is 10.7 Å². The lowest BCUT2D eigenvalue weighted by molar-refractivity contribution is -0.123. The summed E-state index contributed by atoms with van der Waals surface area (Å²) in [6.45, 7) is 5.71. The maximum absolute atomic E-state index is 12.1. The Morgan fingerprint density at radius 1 is 1.08 bits per heavy atom. The Bertz CT molecular complexity index is 712. The number of carbonyl (C=O) groups is 2. The van der Waals surface area contributed by atoms with Crippen LogP contribution in [0.25, 0.3) is 0 Å². The van der Waals surface area contributed by atoms with Gasteiger partial charge < -0.3 is 10.1 Å². The molecule has 0 unspecified atom stereocenters. The summed E-state index contributed by atoms with van der Waals surface area (Å²) in [6, 6.07) is 10.5. The molecule has 0 aliphatic carbocycles. The zero-order chi connectivity index (χ0) is 17.7. The highest BCUT2D eigenvalue weighted by Crippen LogP contribution is 2.17. The molecule has 0 radical (unpaired) electrons. The van der Waals surface area contributed by atoms with Gasteiger partial charge in [0.05, 0.1) is 5.56 Å². The van der Waals surface area contributed by atoms with Crippen molar-refractivity contribution in [1.82, 2.24) is 4.98 Å². The van der Waals surface area contributed by atoms with E-state index in [1.807, 2.05) is 24.3 Å². The molecule has 1 N–H and O–H groups in total. The van der Waals surface area contributed by atoms with Gasteiger partial charge in [-0.25, -0.2) is 9.78 Å².